The maximum atomic E-state index is 12.7. The van der Waals surface area contributed by atoms with Crippen LogP contribution in [0.3, 0.4) is 0 Å². The lowest BCUT2D eigenvalue weighted by atomic mass is 10.00. The molecule has 1 aromatic heterocycles. The molecule has 6 nitrogen and oxygen atoms in total. The van der Waals surface area contributed by atoms with Crippen molar-refractivity contribution < 1.29 is 8.42 Å². The first-order valence-electron chi connectivity index (χ1n) is 9.15. The highest BCUT2D eigenvalue weighted by Gasteiger charge is 2.48. The van der Waals surface area contributed by atoms with E-state index in [0.29, 0.717) is 6.54 Å². The standard InChI is InChI=1S/C17H24N4O2S/c22-24(23)11-13-7-18-17(21-5-1-2-6-21)19-16(13)14-9-20(10-15(14)24)8-12-3-4-12/h7,12,14-15H,1-6,8-11H2/t14-,15+/m0/s1. The van der Waals surface area contributed by atoms with Crippen molar-refractivity contribution in [3.8, 4) is 0 Å². The van der Waals surface area contributed by atoms with Gasteiger partial charge < -0.3 is 9.80 Å². The number of hydrogen-bond acceptors (Lipinski definition) is 6. The molecule has 0 bridgehead atoms. The van der Waals surface area contributed by atoms with Gasteiger partial charge in [0.15, 0.2) is 9.84 Å². The average molecular weight is 348 g/mol. The summed E-state index contributed by atoms with van der Waals surface area (Å²) in [6, 6.07) is 0. The first kappa shape index (κ1) is 15.1. The fraction of sp³-hybridized carbons (Fsp3) is 0.765. The third-order valence-electron chi connectivity index (χ3n) is 6.00. The van der Waals surface area contributed by atoms with E-state index in [4.69, 9.17) is 4.98 Å². The average Bonchev–Trinajstić information content (AvgIpc) is 3.02. The van der Waals surface area contributed by atoms with Crippen LogP contribution in [-0.4, -0.2) is 61.3 Å². The molecule has 2 atom stereocenters. The topological polar surface area (TPSA) is 66.4 Å². The van der Waals surface area contributed by atoms with E-state index >= 15 is 0 Å². The Balaban J connectivity index is 1.49. The molecule has 0 amide bonds. The van der Waals surface area contributed by atoms with Crippen molar-refractivity contribution in [1.29, 1.82) is 0 Å². The van der Waals surface area contributed by atoms with Gasteiger partial charge in [0.2, 0.25) is 5.95 Å². The normalized spacial score (nSPS) is 31.9. The number of aromatic nitrogens is 2. The second-order valence-corrected chi connectivity index (χ2v) is 10.1. The Bertz CT molecular complexity index is 756. The molecular weight excluding hydrogens is 324 g/mol. The molecule has 3 aliphatic heterocycles. The molecule has 4 aliphatic rings. The number of sulfone groups is 1. The fourth-order valence-electron chi connectivity index (χ4n) is 4.53. The van der Waals surface area contributed by atoms with Crippen LogP contribution in [0, 0.1) is 5.92 Å². The van der Waals surface area contributed by atoms with Crippen LogP contribution >= 0.6 is 0 Å². The largest absolute Gasteiger partial charge is 0.341 e. The number of fused-ring (bicyclic) bond motifs is 3. The molecule has 1 aromatic rings. The van der Waals surface area contributed by atoms with E-state index in [2.05, 4.69) is 14.8 Å². The van der Waals surface area contributed by atoms with E-state index < -0.39 is 9.84 Å². The molecule has 0 unspecified atom stereocenters. The van der Waals surface area contributed by atoms with Crippen LogP contribution in [0.4, 0.5) is 5.95 Å². The number of likely N-dealkylation sites (tertiary alicyclic amines) is 1. The summed E-state index contributed by atoms with van der Waals surface area (Å²) in [6.45, 7) is 4.61. The molecule has 4 heterocycles. The highest BCUT2D eigenvalue weighted by Crippen LogP contribution is 2.41. The van der Waals surface area contributed by atoms with E-state index in [9.17, 15) is 8.42 Å². The van der Waals surface area contributed by atoms with E-state index in [1.807, 2.05) is 0 Å². The zero-order chi connectivity index (χ0) is 16.3. The van der Waals surface area contributed by atoms with Crippen molar-refractivity contribution in [1.82, 2.24) is 14.9 Å². The maximum Gasteiger partial charge on any atom is 0.225 e. The van der Waals surface area contributed by atoms with Crippen molar-refractivity contribution >= 4 is 15.8 Å². The lowest BCUT2D eigenvalue weighted by molar-refractivity contribution is 0.320. The van der Waals surface area contributed by atoms with Crippen molar-refractivity contribution in [2.24, 2.45) is 5.92 Å². The van der Waals surface area contributed by atoms with E-state index in [-0.39, 0.29) is 16.9 Å². The van der Waals surface area contributed by atoms with Crippen molar-refractivity contribution in [2.45, 2.75) is 42.6 Å². The molecule has 5 rings (SSSR count). The maximum absolute atomic E-state index is 12.7. The Labute approximate surface area is 143 Å². The Morgan fingerprint density at radius 1 is 1.17 bits per heavy atom. The zero-order valence-corrected chi connectivity index (χ0v) is 14.7. The fourth-order valence-corrected chi connectivity index (χ4v) is 6.55. The summed E-state index contributed by atoms with van der Waals surface area (Å²) in [5, 5.41) is -0.273. The van der Waals surface area contributed by atoms with Crippen molar-refractivity contribution in [3.05, 3.63) is 17.5 Å². The predicted molar refractivity (Wildman–Crippen MR) is 91.8 cm³/mol. The summed E-state index contributed by atoms with van der Waals surface area (Å²) in [5.41, 5.74) is 1.83. The summed E-state index contributed by atoms with van der Waals surface area (Å²) in [5.74, 6) is 1.73. The third-order valence-corrected chi connectivity index (χ3v) is 8.11. The first-order valence-corrected chi connectivity index (χ1v) is 10.9. The number of hydrogen-bond donors (Lipinski definition) is 0. The van der Waals surface area contributed by atoms with Gasteiger partial charge in [-0.1, -0.05) is 0 Å². The minimum Gasteiger partial charge on any atom is -0.341 e. The first-order chi connectivity index (χ1) is 11.6. The van der Waals surface area contributed by atoms with E-state index in [1.165, 1.54) is 25.7 Å². The molecule has 24 heavy (non-hydrogen) atoms. The third kappa shape index (κ3) is 2.52. The van der Waals surface area contributed by atoms with Gasteiger partial charge in [0, 0.05) is 50.4 Å². The van der Waals surface area contributed by atoms with Gasteiger partial charge in [-0.05, 0) is 31.6 Å². The molecule has 1 saturated carbocycles. The van der Waals surface area contributed by atoms with Gasteiger partial charge in [0.1, 0.15) is 0 Å². The highest BCUT2D eigenvalue weighted by molar-refractivity contribution is 7.91. The van der Waals surface area contributed by atoms with Gasteiger partial charge in [0.05, 0.1) is 16.7 Å². The van der Waals surface area contributed by atoms with Crippen LogP contribution in [0.2, 0.25) is 0 Å². The van der Waals surface area contributed by atoms with Crippen molar-refractivity contribution in [2.75, 3.05) is 37.6 Å². The molecule has 3 fully saturated rings. The zero-order valence-electron chi connectivity index (χ0n) is 13.9. The summed E-state index contributed by atoms with van der Waals surface area (Å²) < 4.78 is 25.4. The molecule has 1 aliphatic carbocycles. The van der Waals surface area contributed by atoms with Gasteiger partial charge in [-0.2, -0.15) is 0 Å². The number of rotatable bonds is 3. The summed E-state index contributed by atoms with van der Waals surface area (Å²) in [4.78, 5) is 13.9. The molecule has 7 heteroatoms. The lowest BCUT2D eigenvalue weighted by Gasteiger charge is -2.27. The summed E-state index contributed by atoms with van der Waals surface area (Å²) in [7, 11) is -3.09. The van der Waals surface area contributed by atoms with Gasteiger partial charge in [-0.15, -0.1) is 0 Å². The van der Waals surface area contributed by atoms with Crippen LogP contribution in [-0.2, 0) is 15.6 Å². The Hall–Kier alpha value is -1.21. The van der Waals surface area contributed by atoms with E-state index in [0.717, 1.165) is 49.3 Å². The van der Waals surface area contributed by atoms with Crippen molar-refractivity contribution in [3.63, 3.8) is 0 Å². The van der Waals surface area contributed by atoms with Gasteiger partial charge in [-0.3, -0.25) is 0 Å². The molecule has 0 aromatic carbocycles. The van der Waals surface area contributed by atoms with Crippen LogP contribution in [0.15, 0.2) is 6.20 Å². The van der Waals surface area contributed by atoms with Crippen LogP contribution < -0.4 is 4.90 Å². The molecule has 0 N–H and O–H groups in total. The minimum atomic E-state index is -3.09. The van der Waals surface area contributed by atoms with Crippen LogP contribution in [0.5, 0.6) is 0 Å². The molecular formula is C17H24N4O2S. The Morgan fingerprint density at radius 2 is 1.96 bits per heavy atom. The highest BCUT2D eigenvalue weighted by atomic mass is 32.2. The Kier molecular flexibility index (Phi) is 3.39. The molecule has 0 radical (unpaired) electrons. The Morgan fingerprint density at radius 3 is 2.71 bits per heavy atom. The minimum absolute atomic E-state index is 0.0295. The van der Waals surface area contributed by atoms with Gasteiger partial charge in [0.25, 0.3) is 0 Å². The van der Waals surface area contributed by atoms with Crippen LogP contribution in [0.1, 0.15) is 42.9 Å². The molecule has 2 saturated heterocycles. The SMILES string of the molecule is O=S1(=O)Cc2cnc(N3CCCC3)nc2[C@H]2CN(CC3CC3)C[C@H]21. The van der Waals surface area contributed by atoms with Gasteiger partial charge in [-0.25, -0.2) is 18.4 Å². The second kappa shape index (κ2) is 5.39. The van der Waals surface area contributed by atoms with Crippen LogP contribution in [0.25, 0.3) is 0 Å². The summed E-state index contributed by atoms with van der Waals surface area (Å²) in [6.07, 6.45) is 6.76. The predicted octanol–water partition coefficient (Wildman–Crippen LogP) is 1.18. The number of anilines is 1. The van der Waals surface area contributed by atoms with Gasteiger partial charge >= 0.3 is 0 Å². The smallest absolute Gasteiger partial charge is 0.225 e. The van der Waals surface area contributed by atoms with E-state index in [1.54, 1.807) is 6.20 Å². The quantitative estimate of drug-likeness (QED) is 0.817. The monoisotopic (exact) mass is 348 g/mol. The second-order valence-electron chi connectivity index (χ2n) is 7.89. The lowest BCUT2D eigenvalue weighted by Crippen LogP contribution is -2.35. The molecule has 130 valence electrons. The summed E-state index contributed by atoms with van der Waals surface area (Å²) >= 11 is 0. The number of nitrogens with zero attached hydrogens (tertiary/aromatic N) is 4. The molecule has 0 spiro atoms.